The van der Waals surface area contributed by atoms with Crippen LogP contribution in [0.4, 0.5) is 0 Å². The summed E-state index contributed by atoms with van der Waals surface area (Å²) in [4.78, 5) is 45.2. The number of aromatic amines is 1. The minimum atomic E-state index is -4.34. The van der Waals surface area contributed by atoms with Gasteiger partial charge in [0.25, 0.3) is 0 Å². The van der Waals surface area contributed by atoms with Crippen LogP contribution < -0.4 is 10.6 Å². The molecule has 1 heterocycles. The molecule has 0 bridgehead atoms. The standard InChI is InChI=1S/C17H24N3O6P/c1-10(2)15(19-9-27(24,25)26)16(21)20-14(17(22)23)7-11-8-18-13-6-4-3-5-12(11)13/h3-6,8,10,14-15,18-19H,7,9H2,1-2H3,(H,20,21)(H,22,23)(H2,24,25,26)/t14-,15-/m0/s1. The lowest BCUT2D eigenvalue weighted by molar-refractivity contribution is -0.142. The van der Waals surface area contributed by atoms with Gasteiger partial charge in [-0.3, -0.25) is 14.7 Å². The molecule has 6 N–H and O–H groups in total. The minimum Gasteiger partial charge on any atom is -0.480 e. The van der Waals surface area contributed by atoms with Gasteiger partial charge < -0.3 is 25.2 Å². The summed E-state index contributed by atoms with van der Waals surface area (Å²) in [5.74, 6) is -2.10. The van der Waals surface area contributed by atoms with Crippen LogP contribution in [-0.2, 0) is 20.6 Å². The van der Waals surface area contributed by atoms with Gasteiger partial charge in [0.1, 0.15) is 6.04 Å². The average molecular weight is 397 g/mol. The van der Waals surface area contributed by atoms with Crippen molar-refractivity contribution < 1.29 is 29.0 Å². The molecular weight excluding hydrogens is 373 g/mol. The molecule has 0 aliphatic heterocycles. The van der Waals surface area contributed by atoms with E-state index in [1.165, 1.54) is 0 Å². The number of hydrogen-bond donors (Lipinski definition) is 6. The van der Waals surface area contributed by atoms with Crippen molar-refractivity contribution in [1.29, 1.82) is 0 Å². The fourth-order valence-corrected chi connectivity index (χ4v) is 3.26. The minimum absolute atomic E-state index is 0.0778. The van der Waals surface area contributed by atoms with Crippen molar-refractivity contribution in [3.05, 3.63) is 36.0 Å². The Morgan fingerprint density at radius 2 is 1.89 bits per heavy atom. The van der Waals surface area contributed by atoms with E-state index in [1.807, 2.05) is 24.3 Å². The lowest BCUT2D eigenvalue weighted by Crippen LogP contribution is -2.53. The zero-order valence-corrected chi connectivity index (χ0v) is 15.9. The maximum Gasteiger partial charge on any atom is 0.339 e. The predicted molar refractivity (Wildman–Crippen MR) is 100 cm³/mol. The number of carboxylic acid groups (broad SMARTS) is 1. The van der Waals surface area contributed by atoms with Crippen molar-refractivity contribution in [3.63, 3.8) is 0 Å². The molecule has 0 saturated carbocycles. The molecular formula is C17H24N3O6P. The lowest BCUT2D eigenvalue weighted by Gasteiger charge is -2.24. The first kappa shape index (κ1) is 21.1. The summed E-state index contributed by atoms with van der Waals surface area (Å²) in [6.07, 6.45) is 1.12. The van der Waals surface area contributed by atoms with Crippen molar-refractivity contribution in [3.8, 4) is 0 Å². The number of rotatable bonds is 9. The second-order valence-electron chi connectivity index (χ2n) is 6.71. The number of fused-ring (bicyclic) bond motifs is 1. The number of carbonyl (C=O) groups is 2. The highest BCUT2D eigenvalue weighted by Crippen LogP contribution is 2.32. The summed E-state index contributed by atoms with van der Waals surface area (Å²) in [7, 11) is -4.34. The molecule has 0 unspecified atom stereocenters. The number of benzene rings is 1. The molecule has 27 heavy (non-hydrogen) atoms. The topological polar surface area (TPSA) is 152 Å². The van der Waals surface area contributed by atoms with Gasteiger partial charge in [-0.25, -0.2) is 4.79 Å². The molecule has 0 radical (unpaired) electrons. The van der Waals surface area contributed by atoms with E-state index >= 15 is 0 Å². The van der Waals surface area contributed by atoms with Crippen LogP contribution in [0.2, 0.25) is 0 Å². The number of nitrogens with one attached hydrogen (secondary N) is 3. The molecule has 2 aromatic rings. The third-order valence-electron chi connectivity index (χ3n) is 4.18. The van der Waals surface area contributed by atoms with Crippen molar-refractivity contribution in [2.45, 2.75) is 32.4 Å². The Balaban J connectivity index is 2.13. The van der Waals surface area contributed by atoms with Crippen LogP contribution in [-0.4, -0.2) is 50.1 Å². The van der Waals surface area contributed by atoms with Crippen LogP contribution in [0.3, 0.4) is 0 Å². The highest BCUT2D eigenvalue weighted by atomic mass is 31.2. The van der Waals surface area contributed by atoms with Gasteiger partial charge >= 0.3 is 13.6 Å². The number of amides is 1. The number of carboxylic acids is 1. The van der Waals surface area contributed by atoms with Crippen molar-refractivity contribution in [2.24, 2.45) is 5.92 Å². The molecule has 1 amide bonds. The Hall–Kier alpha value is -2.19. The Morgan fingerprint density at radius 1 is 1.22 bits per heavy atom. The van der Waals surface area contributed by atoms with Gasteiger partial charge in [0.05, 0.1) is 12.3 Å². The van der Waals surface area contributed by atoms with Gasteiger partial charge in [-0.1, -0.05) is 32.0 Å². The molecule has 9 nitrogen and oxygen atoms in total. The second-order valence-corrected chi connectivity index (χ2v) is 8.36. The van der Waals surface area contributed by atoms with E-state index in [0.717, 1.165) is 16.5 Å². The number of hydrogen-bond acceptors (Lipinski definition) is 4. The Morgan fingerprint density at radius 3 is 2.48 bits per heavy atom. The summed E-state index contributed by atoms with van der Waals surface area (Å²) >= 11 is 0. The largest absolute Gasteiger partial charge is 0.480 e. The van der Waals surface area contributed by atoms with E-state index in [1.54, 1.807) is 20.0 Å². The third-order valence-corrected chi connectivity index (χ3v) is 4.77. The summed E-state index contributed by atoms with van der Waals surface area (Å²) < 4.78 is 11.1. The van der Waals surface area contributed by atoms with Crippen LogP contribution in [0.25, 0.3) is 10.9 Å². The summed E-state index contributed by atoms with van der Waals surface area (Å²) in [6.45, 7) is 3.40. The molecule has 0 fully saturated rings. The predicted octanol–water partition coefficient (Wildman–Crippen LogP) is 1.03. The van der Waals surface area contributed by atoms with E-state index in [-0.39, 0.29) is 12.3 Å². The maximum atomic E-state index is 12.5. The Bertz CT molecular complexity index is 859. The third kappa shape index (κ3) is 5.90. The average Bonchev–Trinajstić information content (AvgIpc) is 2.96. The number of aliphatic carboxylic acids is 1. The molecule has 0 aliphatic rings. The van der Waals surface area contributed by atoms with E-state index in [9.17, 15) is 19.3 Å². The van der Waals surface area contributed by atoms with Gasteiger partial charge in [0, 0.05) is 23.5 Å². The zero-order chi connectivity index (χ0) is 20.2. The number of aromatic nitrogens is 1. The van der Waals surface area contributed by atoms with Gasteiger partial charge in [0.2, 0.25) is 5.91 Å². The molecule has 10 heteroatoms. The van der Waals surface area contributed by atoms with Gasteiger partial charge in [-0.2, -0.15) is 0 Å². The second kappa shape index (κ2) is 8.67. The van der Waals surface area contributed by atoms with Crippen molar-refractivity contribution in [2.75, 3.05) is 6.29 Å². The lowest BCUT2D eigenvalue weighted by atomic mass is 10.0. The SMILES string of the molecule is CC(C)[C@H](NCP(=O)(O)O)C(=O)N[C@@H](Cc1c[nH]c2ccccc12)C(=O)O. The fraction of sp³-hybridized carbons (Fsp3) is 0.412. The highest BCUT2D eigenvalue weighted by molar-refractivity contribution is 7.51. The fourth-order valence-electron chi connectivity index (χ4n) is 2.83. The van der Waals surface area contributed by atoms with Crippen LogP contribution >= 0.6 is 7.60 Å². The first-order valence-electron chi connectivity index (χ1n) is 8.44. The van der Waals surface area contributed by atoms with E-state index < -0.39 is 37.8 Å². The summed E-state index contributed by atoms with van der Waals surface area (Å²) in [6, 6.07) is 5.33. The maximum absolute atomic E-state index is 12.5. The molecule has 1 aromatic heterocycles. The van der Waals surface area contributed by atoms with Crippen LogP contribution in [0, 0.1) is 5.92 Å². The Kier molecular flexibility index (Phi) is 6.78. The van der Waals surface area contributed by atoms with Gasteiger partial charge in [-0.05, 0) is 17.5 Å². The van der Waals surface area contributed by atoms with E-state index in [2.05, 4.69) is 15.6 Å². The van der Waals surface area contributed by atoms with Crippen LogP contribution in [0.1, 0.15) is 19.4 Å². The smallest absolute Gasteiger partial charge is 0.339 e. The molecule has 1 aromatic carbocycles. The molecule has 0 saturated heterocycles. The molecule has 0 aliphatic carbocycles. The zero-order valence-electron chi connectivity index (χ0n) is 15.0. The summed E-state index contributed by atoms with van der Waals surface area (Å²) in [5, 5.41) is 15.4. The van der Waals surface area contributed by atoms with Crippen LogP contribution in [0.15, 0.2) is 30.5 Å². The number of H-pyrrole nitrogens is 1. The molecule has 2 rings (SSSR count). The van der Waals surface area contributed by atoms with Gasteiger partial charge in [0.15, 0.2) is 0 Å². The van der Waals surface area contributed by atoms with E-state index in [0.29, 0.717) is 0 Å². The quantitative estimate of drug-likeness (QED) is 0.346. The normalized spacial score (nSPS) is 14.3. The van der Waals surface area contributed by atoms with Crippen molar-refractivity contribution >= 4 is 30.4 Å². The number of carbonyl (C=O) groups excluding carboxylic acids is 1. The first-order valence-corrected chi connectivity index (χ1v) is 10.2. The number of para-hydroxylation sites is 1. The van der Waals surface area contributed by atoms with Gasteiger partial charge in [-0.15, -0.1) is 0 Å². The molecule has 148 valence electrons. The monoisotopic (exact) mass is 397 g/mol. The highest BCUT2D eigenvalue weighted by Gasteiger charge is 2.29. The van der Waals surface area contributed by atoms with E-state index in [4.69, 9.17) is 9.79 Å². The molecule has 0 spiro atoms. The van der Waals surface area contributed by atoms with Crippen LogP contribution in [0.5, 0.6) is 0 Å². The first-order chi connectivity index (χ1) is 12.6. The summed E-state index contributed by atoms with van der Waals surface area (Å²) in [5.41, 5.74) is 1.62. The molecule has 2 atom stereocenters. The van der Waals surface area contributed by atoms with Crippen molar-refractivity contribution in [1.82, 2.24) is 15.6 Å². The Labute approximate surface area is 156 Å².